The van der Waals surface area contributed by atoms with Gasteiger partial charge in [-0.1, -0.05) is 6.92 Å². The van der Waals surface area contributed by atoms with Gasteiger partial charge in [0.2, 0.25) is 0 Å². The number of halogens is 1. The molecule has 3 nitrogen and oxygen atoms in total. The number of hydrogen-bond donors (Lipinski definition) is 0. The highest BCUT2D eigenvalue weighted by Gasteiger charge is 2.02. The van der Waals surface area contributed by atoms with Gasteiger partial charge in [0.1, 0.15) is 11.6 Å². The van der Waals surface area contributed by atoms with Crippen molar-refractivity contribution in [2.75, 3.05) is 0 Å². The molecule has 4 heteroatoms. The molecule has 0 saturated carbocycles. The van der Waals surface area contributed by atoms with E-state index in [0.717, 1.165) is 12.2 Å². The Kier molecular flexibility index (Phi) is 1.53. The lowest BCUT2D eigenvalue weighted by atomic mass is 10.4. The number of aryl methyl sites for hydroxylation is 1. The van der Waals surface area contributed by atoms with Crippen molar-refractivity contribution in [1.82, 2.24) is 14.6 Å². The highest BCUT2D eigenvalue weighted by atomic mass is 19.1. The van der Waals surface area contributed by atoms with Gasteiger partial charge >= 0.3 is 0 Å². The van der Waals surface area contributed by atoms with Crippen molar-refractivity contribution in [2.45, 2.75) is 13.3 Å². The van der Waals surface area contributed by atoms with E-state index in [1.807, 2.05) is 6.92 Å². The first-order valence-corrected chi connectivity index (χ1v) is 3.80. The fourth-order valence-corrected chi connectivity index (χ4v) is 1.15. The lowest BCUT2D eigenvalue weighted by Crippen LogP contribution is -1.92. The molecule has 0 aliphatic rings. The smallest absolute Gasteiger partial charge is 0.160 e. The van der Waals surface area contributed by atoms with Crippen LogP contribution in [-0.2, 0) is 6.42 Å². The second-order valence-electron chi connectivity index (χ2n) is 2.55. The van der Waals surface area contributed by atoms with Gasteiger partial charge in [-0.05, 0) is 12.1 Å². The Bertz CT molecular complexity index is 408. The normalized spacial score (nSPS) is 10.8. The number of hydrogen-bond acceptors (Lipinski definition) is 2. The molecule has 0 aromatic carbocycles. The maximum Gasteiger partial charge on any atom is 0.160 e. The van der Waals surface area contributed by atoms with Crippen LogP contribution in [0, 0.1) is 5.82 Å². The van der Waals surface area contributed by atoms with E-state index in [9.17, 15) is 4.39 Å². The monoisotopic (exact) mass is 165 g/mol. The van der Waals surface area contributed by atoms with Gasteiger partial charge < -0.3 is 0 Å². The van der Waals surface area contributed by atoms with Crippen LogP contribution in [0.4, 0.5) is 4.39 Å². The maximum absolute atomic E-state index is 12.8. The van der Waals surface area contributed by atoms with Gasteiger partial charge in [-0.15, -0.1) is 10.2 Å². The third kappa shape index (κ3) is 0.958. The molecule has 12 heavy (non-hydrogen) atoms. The lowest BCUT2D eigenvalue weighted by Gasteiger charge is -1.94. The van der Waals surface area contributed by atoms with Gasteiger partial charge in [-0.25, -0.2) is 4.39 Å². The van der Waals surface area contributed by atoms with E-state index in [2.05, 4.69) is 10.2 Å². The summed E-state index contributed by atoms with van der Waals surface area (Å²) in [5.41, 5.74) is 0.688. The average molecular weight is 165 g/mol. The summed E-state index contributed by atoms with van der Waals surface area (Å²) < 4.78 is 14.4. The molecule has 0 N–H and O–H groups in total. The summed E-state index contributed by atoms with van der Waals surface area (Å²) in [6.07, 6.45) is 2.15. The molecule has 0 aliphatic carbocycles. The van der Waals surface area contributed by atoms with E-state index in [0.29, 0.717) is 5.65 Å². The van der Waals surface area contributed by atoms with Crippen molar-refractivity contribution in [3.8, 4) is 0 Å². The predicted octanol–water partition coefficient (Wildman–Crippen LogP) is 1.43. The summed E-state index contributed by atoms with van der Waals surface area (Å²) >= 11 is 0. The van der Waals surface area contributed by atoms with Gasteiger partial charge in [0.05, 0.1) is 0 Å². The fraction of sp³-hybridized carbons (Fsp3) is 0.250. The topological polar surface area (TPSA) is 30.2 Å². The van der Waals surface area contributed by atoms with Crippen LogP contribution in [-0.4, -0.2) is 14.6 Å². The molecule has 0 bridgehead atoms. The SMILES string of the molecule is CCc1nnc2ccc(F)cn12. The maximum atomic E-state index is 12.8. The van der Waals surface area contributed by atoms with Crippen LogP contribution < -0.4 is 0 Å². The highest BCUT2D eigenvalue weighted by Crippen LogP contribution is 2.05. The Balaban J connectivity index is 2.75. The molecular weight excluding hydrogens is 157 g/mol. The molecule has 0 aliphatic heterocycles. The van der Waals surface area contributed by atoms with Crippen molar-refractivity contribution in [3.05, 3.63) is 30.0 Å². The fourth-order valence-electron chi connectivity index (χ4n) is 1.15. The Hall–Kier alpha value is -1.45. The molecule has 2 heterocycles. The molecule has 0 saturated heterocycles. The largest absolute Gasteiger partial charge is 0.283 e. The summed E-state index contributed by atoms with van der Waals surface area (Å²) in [6.45, 7) is 1.96. The standard InChI is InChI=1S/C8H8FN3/c1-2-7-10-11-8-4-3-6(9)5-12(7)8/h3-5H,2H2,1H3. The number of nitrogens with zero attached hydrogens (tertiary/aromatic N) is 3. The Morgan fingerprint density at radius 1 is 1.42 bits per heavy atom. The van der Waals surface area contributed by atoms with E-state index in [-0.39, 0.29) is 5.82 Å². The molecule has 0 spiro atoms. The predicted molar refractivity (Wildman–Crippen MR) is 42.3 cm³/mol. The number of rotatable bonds is 1. The van der Waals surface area contributed by atoms with E-state index >= 15 is 0 Å². The van der Waals surface area contributed by atoms with Crippen molar-refractivity contribution in [2.24, 2.45) is 0 Å². The van der Waals surface area contributed by atoms with Crippen LogP contribution >= 0.6 is 0 Å². The molecule has 2 aromatic heterocycles. The number of pyridine rings is 1. The quantitative estimate of drug-likeness (QED) is 0.639. The molecule has 0 radical (unpaired) electrons. The summed E-state index contributed by atoms with van der Waals surface area (Å²) in [4.78, 5) is 0. The molecule has 0 unspecified atom stereocenters. The van der Waals surface area contributed by atoms with Gasteiger partial charge in [0.15, 0.2) is 5.65 Å². The first-order valence-electron chi connectivity index (χ1n) is 3.80. The minimum absolute atomic E-state index is 0.267. The van der Waals surface area contributed by atoms with E-state index in [1.165, 1.54) is 12.3 Å². The van der Waals surface area contributed by atoms with Crippen LogP contribution in [0.1, 0.15) is 12.7 Å². The minimum Gasteiger partial charge on any atom is -0.283 e. The van der Waals surface area contributed by atoms with Gasteiger partial charge in [0, 0.05) is 12.6 Å². The zero-order valence-corrected chi connectivity index (χ0v) is 6.66. The van der Waals surface area contributed by atoms with Crippen LogP contribution in [0.15, 0.2) is 18.3 Å². The van der Waals surface area contributed by atoms with Gasteiger partial charge in [-0.3, -0.25) is 4.40 Å². The second kappa shape index (κ2) is 2.55. The highest BCUT2D eigenvalue weighted by molar-refractivity contribution is 5.37. The zero-order chi connectivity index (χ0) is 8.55. The van der Waals surface area contributed by atoms with Crippen molar-refractivity contribution >= 4 is 5.65 Å². The van der Waals surface area contributed by atoms with Crippen LogP contribution in [0.5, 0.6) is 0 Å². The van der Waals surface area contributed by atoms with Crippen LogP contribution in [0.3, 0.4) is 0 Å². The molecule has 2 rings (SSSR count). The third-order valence-electron chi connectivity index (χ3n) is 1.75. The van der Waals surface area contributed by atoms with Crippen molar-refractivity contribution in [1.29, 1.82) is 0 Å². The summed E-state index contributed by atoms with van der Waals surface area (Å²) in [5, 5.41) is 7.78. The molecule has 0 amide bonds. The second-order valence-corrected chi connectivity index (χ2v) is 2.55. The number of aromatic nitrogens is 3. The first kappa shape index (κ1) is 7.21. The van der Waals surface area contributed by atoms with Crippen LogP contribution in [0.25, 0.3) is 5.65 Å². The Morgan fingerprint density at radius 3 is 3.00 bits per heavy atom. The van der Waals surface area contributed by atoms with E-state index < -0.39 is 0 Å². The average Bonchev–Trinajstić information content (AvgIpc) is 2.46. The molecule has 2 aromatic rings. The van der Waals surface area contributed by atoms with Gasteiger partial charge in [0.25, 0.3) is 0 Å². The molecule has 0 fully saturated rings. The van der Waals surface area contributed by atoms with Crippen LogP contribution in [0.2, 0.25) is 0 Å². The van der Waals surface area contributed by atoms with Crippen molar-refractivity contribution < 1.29 is 4.39 Å². The first-order chi connectivity index (χ1) is 5.81. The Morgan fingerprint density at radius 2 is 2.25 bits per heavy atom. The third-order valence-corrected chi connectivity index (χ3v) is 1.75. The molecule has 62 valence electrons. The number of fused-ring (bicyclic) bond motifs is 1. The lowest BCUT2D eigenvalue weighted by molar-refractivity contribution is 0.617. The minimum atomic E-state index is -0.267. The van der Waals surface area contributed by atoms with Gasteiger partial charge in [-0.2, -0.15) is 0 Å². The summed E-state index contributed by atoms with van der Waals surface area (Å²) in [7, 11) is 0. The zero-order valence-electron chi connectivity index (χ0n) is 6.66. The Labute approximate surface area is 68.9 Å². The van der Waals surface area contributed by atoms with Crippen molar-refractivity contribution in [3.63, 3.8) is 0 Å². The molecule has 0 atom stereocenters. The summed E-state index contributed by atoms with van der Waals surface area (Å²) in [6, 6.07) is 2.99. The van der Waals surface area contributed by atoms with E-state index in [4.69, 9.17) is 0 Å². The molecular formula is C8H8FN3. The van der Waals surface area contributed by atoms with E-state index in [1.54, 1.807) is 10.5 Å². The summed E-state index contributed by atoms with van der Waals surface area (Å²) in [5.74, 6) is 0.515.